The van der Waals surface area contributed by atoms with Gasteiger partial charge in [-0.15, -0.1) is 24.8 Å². The van der Waals surface area contributed by atoms with Gasteiger partial charge < -0.3 is 10.6 Å². The zero-order valence-electron chi connectivity index (χ0n) is 11.3. The van der Waals surface area contributed by atoms with Crippen molar-refractivity contribution >= 4 is 30.7 Å². The first kappa shape index (κ1) is 17.1. The van der Waals surface area contributed by atoms with Crippen molar-refractivity contribution in [3.63, 3.8) is 0 Å². The predicted octanol–water partition coefficient (Wildman–Crippen LogP) is 1.64. The topological polar surface area (TPSA) is 66.9 Å². The lowest BCUT2D eigenvalue weighted by molar-refractivity contribution is 0.0918. The van der Waals surface area contributed by atoms with E-state index in [0.29, 0.717) is 17.8 Å². The molecule has 20 heavy (non-hydrogen) atoms. The highest BCUT2D eigenvalue weighted by atomic mass is 35.5. The second kappa shape index (κ2) is 7.20. The number of hydrogen-bond donors (Lipinski definition) is 2. The fourth-order valence-corrected chi connectivity index (χ4v) is 2.94. The number of hydrogen-bond acceptors (Lipinski definition) is 4. The van der Waals surface area contributed by atoms with Gasteiger partial charge in [-0.2, -0.15) is 0 Å². The Morgan fingerprint density at radius 3 is 2.40 bits per heavy atom. The molecule has 1 aromatic heterocycles. The third kappa shape index (κ3) is 3.81. The van der Waals surface area contributed by atoms with E-state index in [1.54, 1.807) is 12.4 Å². The van der Waals surface area contributed by atoms with Crippen molar-refractivity contribution < 1.29 is 4.79 Å². The number of carbonyl (C=O) groups is 1. The van der Waals surface area contributed by atoms with Gasteiger partial charge in [-0.05, 0) is 32.6 Å². The van der Waals surface area contributed by atoms with Gasteiger partial charge in [-0.25, -0.2) is 4.98 Å². The highest BCUT2D eigenvalue weighted by Gasteiger charge is 2.34. The maximum absolute atomic E-state index is 12.0. The Labute approximate surface area is 131 Å². The van der Waals surface area contributed by atoms with Crippen LogP contribution in [0.15, 0.2) is 12.4 Å². The summed E-state index contributed by atoms with van der Waals surface area (Å²) in [7, 11) is 0. The number of rotatable bonds is 2. The van der Waals surface area contributed by atoms with E-state index < -0.39 is 0 Å². The number of nitrogens with zero attached hydrogens (tertiary/aromatic N) is 2. The molecule has 2 atom stereocenters. The molecule has 0 radical (unpaired) electrons. The number of aromatic nitrogens is 2. The largest absolute Gasteiger partial charge is 0.348 e. The number of fused-ring (bicyclic) bond motifs is 2. The summed E-state index contributed by atoms with van der Waals surface area (Å²) in [5.41, 5.74) is 1.23. The number of amides is 1. The standard InChI is InChI=1S/C13H18N4O.2ClH/c1-8-6-15-12(7-14-8)13(18)17-11-4-9-2-3-10(5-11)16-9;;/h6-7,9-11,16H,2-5H2,1H3,(H,17,18);2*1H. The van der Waals surface area contributed by atoms with Gasteiger partial charge in [-0.1, -0.05) is 0 Å². The Kier molecular flexibility index (Phi) is 6.17. The molecule has 2 aliphatic heterocycles. The normalized spacial score (nSPS) is 27.1. The van der Waals surface area contributed by atoms with Gasteiger partial charge in [0.1, 0.15) is 5.69 Å². The molecule has 0 aliphatic carbocycles. The van der Waals surface area contributed by atoms with Crippen LogP contribution in [0.25, 0.3) is 0 Å². The Balaban J connectivity index is 0.000001000. The number of piperidine rings is 1. The number of halogens is 2. The van der Waals surface area contributed by atoms with Crippen molar-refractivity contribution in [1.29, 1.82) is 0 Å². The van der Waals surface area contributed by atoms with E-state index in [2.05, 4.69) is 20.6 Å². The van der Waals surface area contributed by atoms with Gasteiger partial charge in [0.2, 0.25) is 0 Å². The summed E-state index contributed by atoms with van der Waals surface area (Å²) >= 11 is 0. The van der Waals surface area contributed by atoms with Crippen molar-refractivity contribution in [2.24, 2.45) is 0 Å². The van der Waals surface area contributed by atoms with Crippen LogP contribution >= 0.6 is 24.8 Å². The zero-order chi connectivity index (χ0) is 12.5. The molecule has 2 saturated heterocycles. The predicted molar refractivity (Wildman–Crippen MR) is 81.7 cm³/mol. The van der Waals surface area contributed by atoms with Gasteiger partial charge in [-0.3, -0.25) is 9.78 Å². The molecule has 5 nitrogen and oxygen atoms in total. The van der Waals surface area contributed by atoms with Gasteiger partial charge in [0.05, 0.1) is 11.9 Å². The lowest BCUT2D eigenvalue weighted by Gasteiger charge is -2.29. The number of aryl methyl sites for hydroxylation is 1. The second-order valence-corrected chi connectivity index (χ2v) is 5.32. The van der Waals surface area contributed by atoms with Crippen LogP contribution in [0.2, 0.25) is 0 Å². The molecule has 0 spiro atoms. The van der Waals surface area contributed by atoms with Crippen LogP contribution in [0, 0.1) is 6.92 Å². The monoisotopic (exact) mass is 318 g/mol. The first-order valence-corrected chi connectivity index (χ1v) is 6.56. The summed E-state index contributed by atoms with van der Waals surface area (Å²) in [5.74, 6) is -0.103. The van der Waals surface area contributed by atoms with E-state index in [4.69, 9.17) is 0 Å². The van der Waals surface area contributed by atoms with Crippen molar-refractivity contribution in [3.8, 4) is 0 Å². The Hall–Kier alpha value is -0.910. The Morgan fingerprint density at radius 1 is 1.20 bits per heavy atom. The summed E-state index contributed by atoms with van der Waals surface area (Å²) < 4.78 is 0. The summed E-state index contributed by atoms with van der Waals surface area (Å²) in [6.45, 7) is 1.86. The van der Waals surface area contributed by atoms with E-state index in [1.165, 1.54) is 12.8 Å². The SMILES string of the molecule is Cc1cnc(C(=O)NC2CC3CCC(C2)N3)cn1.Cl.Cl. The molecule has 0 aromatic carbocycles. The fraction of sp³-hybridized carbons (Fsp3) is 0.615. The van der Waals surface area contributed by atoms with Crippen LogP contribution in [-0.4, -0.2) is 34.0 Å². The van der Waals surface area contributed by atoms with Crippen molar-refractivity contribution in [2.45, 2.75) is 50.7 Å². The molecule has 3 heterocycles. The smallest absolute Gasteiger partial charge is 0.271 e. The average molecular weight is 319 g/mol. The third-order valence-corrected chi connectivity index (χ3v) is 3.82. The van der Waals surface area contributed by atoms with E-state index in [9.17, 15) is 4.79 Å². The maximum Gasteiger partial charge on any atom is 0.271 e. The number of carbonyl (C=O) groups excluding carboxylic acids is 1. The molecule has 2 fully saturated rings. The molecule has 112 valence electrons. The fourth-order valence-electron chi connectivity index (χ4n) is 2.94. The highest BCUT2D eigenvalue weighted by Crippen LogP contribution is 2.26. The van der Waals surface area contributed by atoms with Gasteiger partial charge in [0, 0.05) is 24.3 Å². The molecule has 1 aromatic rings. The zero-order valence-corrected chi connectivity index (χ0v) is 13.0. The first-order chi connectivity index (χ1) is 8.70. The van der Waals surface area contributed by atoms with E-state index in [1.807, 2.05) is 6.92 Å². The second-order valence-electron chi connectivity index (χ2n) is 5.32. The molecule has 2 N–H and O–H groups in total. The van der Waals surface area contributed by atoms with Gasteiger partial charge >= 0.3 is 0 Å². The van der Waals surface area contributed by atoms with Crippen molar-refractivity contribution in [3.05, 3.63) is 23.8 Å². The number of nitrogens with one attached hydrogen (secondary N) is 2. The van der Waals surface area contributed by atoms with Crippen LogP contribution in [0.1, 0.15) is 41.9 Å². The Morgan fingerprint density at radius 2 is 1.85 bits per heavy atom. The van der Waals surface area contributed by atoms with E-state index in [0.717, 1.165) is 18.5 Å². The molecule has 0 saturated carbocycles. The third-order valence-electron chi connectivity index (χ3n) is 3.82. The minimum absolute atomic E-state index is 0. The minimum Gasteiger partial charge on any atom is -0.348 e. The van der Waals surface area contributed by atoms with Crippen molar-refractivity contribution in [2.75, 3.05) is 0 Å². The molecular weight excluding hydrogens is 299 g/mol. The molecular formula is C13H20Cl2N4O. The lowest BCUT2D eigenvalue weighted by Crippen LogP contribution is -2.48. The van der Waals surface area contributed by atoms with Gasteiger partial charge in [0.25, 0.3) is 5.91 Å². The molecule has 2 bridgehead atoms. The Bertz CT molecular complexity index is 442. The van der Waals surface area contributed by atoms with Crippen LogP contribution < -0.4 is 10.6 Å². The highest BCUT2D eigenvalue weighted by molar-refractivity contribution is 5.92. The maximum atomic E-state index is 12.0. The summed E-state index contributed by atoms with van der Waals surface area (Å²) in [6.07, 6.45) is 7.70. The molecule has 2 aliphatic rings. The van der Waals surface area contributed by atoms with Crippen LogP contribution in [0.5, 0.6) is 0 Å². The molecule has 7 heteroatoms. The minimum atomic E-state index is -0.103. The average Bonchev–Trinajstić information content (AvgIpc) is 2.69. The summed E-state index contributed by atoms with van der Waals surface area (Å²) in [6, 6.07) is 1.44. The van der Waals surface area contributed by atoms with E-state index >= 15 is 0 Å². The molecule has 3 rings (SSSR count). The summed E-state index contributed by atoms with van der Waals surface area (Å²) in [4.78, 5) is 20.2. The van der Waals surface area contributed by atoms with Crippen molar-refractivity contribution in [1.82, 2.24) is 20.6 Å². The molecule has 2 unspecified atom stereocenters. The quantitative estimate of drug-likeness (QED) is 0.870. The molecule has 1 amide bonds. The first-order valence-electron chi connectivity index (χ1n) is 6.56. The lowest BCUT2D eigenvalue weighted by atomic mass is 10.00. The van der Waals surface area contributed by atoms with Crippen LogP contribution in [0.3, 0.4) is 0 Å². The van der Waals surface area contributed by atoms with E-state index in [-0.39, 0.29) is 36.8 Å². The summed E-state index contributed by atoms with van der Waals surface area (Å²) in [5, 5.41) is 6.64. The van der Waals surface area contributed by atoms with Crippen LogP contribution in [-0.2, 0) is 0 Å². The van der Waals surface area contributed by atoms with Gasteiger partial charge in [0.15, 0.2) is 0 Å². The van der Waals surface area contributed by atoms with Crippen LogP contribution in [0.4, 0.5) is 0 Å².